The summed E-state index contributed by atoms with van der Waals surface area (Å²) in [7, 11) is 0. The van der Waals surface area contributed by atoms with Crippen LogP contribution in [0, 0.1) is 0 Å². The molecule has 0 amide bonds. The molecule has 78 valence electrons. The number of carbonyl (C=O) groups is 1. The van der Waals surface area contributed by atoms with E-state index in [-0.39, 0.29) is 5.97 Å². The largest absolute Gasteiger partial charge is 0.463 e. The SMILES string of the molecule is CCOC(=O)C1=Cc2ccc(Br)cc2C1. The van der Waals surface area contributed by atoms with E-state index in [1.807, 2.05) is 31.2 Å². The Balaban J connectivity index is 2.21. The number of hydrogen-bond acceptors (Lipinski definition) is 2. The van der Waals surface area contributed by atoms with Crippen molar-refractivity contribution in [3.63, 3.8) is 0 Å². The Morgan fingerprint density at radius 2 is 2.33 bits per heavy atom. The quantitative estimate of drug-likeness (QED) is 0.770. The molecule has 0 saturated heterocycles. The molecule has 0 unspecified atom stereocenters. The van der Waals surface area contributed by atoms with E-state index in [0.29, 0.717) is 13.0 Å². The molecular weight excluding hydrogens is 256 g/mol. The second kappa shape index (κ2) is 4.19. The normalized spacial score (nSPS) is 13.3. The lowest BCUT2D eigenvalue weighted by molar-refractivity contribution is -0.138. The number of carbonyl (C=O) groups excluding carboxylic acids is 1. The average Bonchev–Trinajstić information content (AvgIpc) is 2.60. The molecule has 0 heterocycles. The molecule has 0 aromatic heterocycles. The Morgan fingerprint density at radius 3 is 3.07 bits per heavy atom. The number of benzene rings is 1. The van der Waals surface area contributed by atoms with E-state index < -0.39 is 0 Å². The molecule has 0 fully saturated rings. The van der Waals surface area contributed by atoms with Gasteiger partial charge < -0.3 is 4.74 Å². The number of rotatable bonds is 2. The van der Waals surface area contributed by atoms with Gasteiger partial charge in [-0.3, -0.25) is 0 Å². The summed E-state index contributed by atoms with van der Waals surface area (Å²) < 4.78 is 6.01. The molecule has 0 saturated carbocycles. The van der Waals surface area contributed by atoms with Gasteiger partial charge in [0, 0.05) is 16.5 Å². The van der Waals surface area contributed by atoms with Gasteiger partial charge in [0.2, 0.25) is 0 Å². The number of halogens is 1. The average molecular weight is 267 g/mol. The molecule has 1 aliphatic rings. The summed E-state index contributed by atoms with van der Waals surface area (Å²) in [4.78, 5) is 11.5. The van der Waals surface area contributed by atoms with Gasteiger partial charge in [0.25, 0.3) is 0 Å². The van der Waals surface area contributed by atoms with Crippen LogP contribution in [0.25, 0.3) is 6.08 Å². The maximum atomic E-state index is 11.5. The highest BCUT2D eigenvalue weighted by Crippen LogP contribution is 2.28. The standard InChI is InChI=1S/C12H11BrO2/c1-2-15-12(14)10-5-8-3-4-11(13)7-9(8)6-10/h3-5,7H,2,6H2,1H3. The smallest absolute Gasteiger partial charge is 0.334 e. The van der Waals surface area contributed by atoms with Gasteiger partial charge in [-0.05, 0) is 36.3 Å². The Kier molecular flexibility index (Phi) is 2.91. The van der Waals surface area contributed by atoms with Gasteiger partial charge in [-0.25, -0.2) is 4.79 Å². The van der Waals surface area contributed by atoms with Crippen molar-refractivity contribution in [2.45, 2.75) is 13.3 Å². The summed E-state index contributed by atoms with van der Waals surface area (Å²) in [5.74, 6) is -0.204. The van der Waals surface area contributed by atoms with Crippen LogP contribution in [0.15, 0.2) is 28.2 Å². The molecule has 0 aliphatic heterocycles. The first kappa shape index (κ1) is 10.4. The fourth-order valence-electron chi connectivity index (χ4n) is 1.67. The molecular formula is C12H11BrO2. The van der Waals surface area contributed by atoms with Gasteiger partial charge in [-0.2, -0.15) is 0 Å². The van der Waals surface area contributed by atoms with Gasteiger partial charge >= 0.3 is 5.97 Å². The van der Waals surface area contributed by atoms with Gasteiger partial charge in [-0.1, -0.05) is 22.0 Å². The van der Waals surface area contributed by atoms with Crippen LogP contribution in [0.1, 0.15) is 18.1 Å². The lowest BCUT2D eigenvalue weighted by Crippen LogP contribution is -2.07. The van der Waals surface area contributed by atoms with Gasteiger partial charge in [-0.15, -0.1) is 0 Å². The molecule has 0 radical (unpaired) electrons. The molecule has 2 nitrogen and oxygen atoms in total. The molecule has 0 atom stereocenters. The van der Waals surface area contributed by atoms with Crippen molar-refractivity contribution in [1.82, 2.24) is 0 Å². The Bertz CT molecular complexity index is 435. The van der Waals surface area contributed by atoms with Crippen molar-refractivity contribution in [2.24, 2.45) is 0 Å². The number of hydrogen-bond donors (Lipinski definition) is 0. The summed E-state index contributed by atoms with van der Waals surface area (Å²) in [6, 6.07) is 6.02. The highest BCUT2D eigenvalue weighted by atomic mass is 79.9. The van der Waals surface area contributed by atoms with Crippen LogP contribution in [0.3, 0.4) is 0 Å². The predicted molar refractivity (Wildman–Crippen MR) is 62.5 cm³/mol. The van der Waals surface area contributed by atoms with Crippen molar-refractivity contribution in [2.75, 3.05) is 6.61 Å². The van der Waals surface area contributed by atoms with Crippen LogP contribution in [0.2, 0.25) is 0 Å². The summed E-state index contributed by atoms with van der Waals surface area (Å²) in [5.41, 5.74) is 3.03. The molecule has 3 heteroatoms. The molecule has 2 rings (SSSR count). The third kappa shape index (κ3) is 2.12. The number of esters is 1. The monoisotopic (exact) mass is 266 g/mol. The minimum absolute atomic E-state index is 0.204. The molecule has 1 aliphatic carbocycles. The first-order valence-corrected chi connectivity index (χ1v) is 5.66. The van der Waals surface area contributed by atoms with Gasteiger partial charge in [0.15, 0.2) is 0 Å². The van der Waals surface area contributed by atoms with E-state index in [9.17, 15) is 4.79 Å². The predicted octanol–water partition coefficient (Wildman–Crippen LogP) is 2.95. The molecule has 1 aromatic carbocycles. The molecule has 0 spiro atoms. The molecule has 0 bridgehead atoms. The van der Waals surface area contributed by atoms with Crippen LogP contribution in [-0.4, -0.2) is 12.6 Å². The van der Waals surface area contributed by atoms with Crippen molar-refractivity contribution in [3.8, 4) is 0 Å². The van der Waals surface area contributed by atoms with Crippen molar-refractivity contribution < 1.29 is 9.53 Å². The molecule has 1 aromatic rings. The van der Waals surface area contributed by atoms with Crippen LogP contribution in [0.4, 0.5) is 0 Å². The Hall–Kier alpha value is -1.09. The van der Waals surface area contributed by atoms with E-state index >= 15 is 0 Å². The summed E-state index contributed by atoms with van der Waals surface area (Å²) in [6.45, 7) is 2.24. The fourth-order valence-corrected chi connectivity index (χ4v) is 2.08. The van der Waals surface area contributed by atoms with E-state index in [2.05, 4.69) is 15.9 Å². The first-order chi connectivity index (χ1) is 7.20. The third-order valence-corrected chi connectivity index (χ3v) is 2.85. The van der Waals surface area contributed by atoms with Crippen LogP contribution in [0.5, 0.6) is 0 Å². The third-order valence-electron chi connectivity index (χ3n) is 2.35. The Labute approximate surface area is 97.1 Å². The van der Waals surface area contributed by atoms with Gasteiger partial charge in [0.05, 0.1) is 6.61 Å². The zero-order chi connectivity index (χ0) is 10.8. The zero-order valence-electron chi connectivity index (χ0n) is 8.42. The van der Waals surface area contributed by atoms with Crippen LogP contribution in [-0.2, 0) is 16.0 Å². The molecule has 15 heavy (non-hydrogen) atoms. The van der Waals surface area contributed by atoms with E-state index in [1.54, 1.807) is 0 Å². The minimum Gasteiger partial charge on any atom is -0.463 e. The van der Waals surface area contributed by atoms with E-state index in [1.165, 1.54) is 5.56 Å². The van der Waals surface area contributed by atoms with Crippen molar-refractivity contribution in [3.05, 3.63) is 39.4 Å². The van der Waals surface area contributed by atoms with Crippen molar-refractivity contribution in [1.29, 1.82) is 0 Å². The second-order valence-corrected chi connectivity index (χ2v) is 4.33. The summed E-state index contributed by atoms with van der Waals surface area (Å²) in [5, 5.41) is 0. The second-order valence-electron chi connectivity index (χ2n) is 3.41. The van der Waals surface area contributed by atoms with Crippen LogP contribution < -0.4 is 0 Å². The topological polar surface area (TPSA) is 26.3 Å². The molecule has 0 N–H and O–H groups in total. The fraction of sp³-hybridized carbons (Fsp3) is 0.250. The lowest BCUT2D eigenvalue weighted by Gasteiger charge is -2.01. The Morgan fingerprint density at radius 1 is 1.53 bits per heavy atom. The van der Waals surface area contributed by atoms with Gasteiger partial charge in [0.1, 0.15) is 0 Å². The highest BCUT2D eigenvalue weighted by molar-refractivity contribution is 9.10. The van der Waals surface area contributed by atoms with Crippen molar-refractivity contribution >= 4 is 28.0 Å². The first-order valence-electron chi connectivity index (χ1n) is 4.87. The maximum absolute atomic E-state index is 11.5. The van der Waals surface area contributed by atoms with Crippen LogP contribution >= 0.6 is 15.9 Å². The minimum atomic E-state index is -0.204. The number of fused-ring (bicyclic) bond motifs is 1. The number of ether oxygens (including phenoxy) is 1. The summed E-state index contributed by atoms with van der Waals surface area (Å²) in [6.07, 6.45) is 2.58. The zero-order valence-corrected chi connectivity index (χ0v) is 10.0. The van der Waals surface area contributed by atoms with E-state index in [4.69, 9.17) is 4.74 Å². The maximum Gasteiger partial charge on any atom is 0.334 e. The van der Waals surface area contributed by atoms with E-state index in [0.717, 1.165) is 15.6 Å². The summed E-state index contributed by atoms with van der Waals surface area (Å²) >= 11 is 3.41. The lowest BCUT2D eigenvalue weighted by atomic mass is 10.1. The highest BCUT2D eigenvalue weighted by Gasteiger charge is 2.19.